The summed E-state index contributed by atoms with van der Waals surface area (Å²) in [6, 6.07) is 22.7. The van der Waals surface area contributed by atoms with Gasteiger partial charge in [0.15, 0.2) is 5.16 Å². The summed E-state index contributed by atoms with van der Waals surface area (Å²) in [4.78, 5) is 26.3. The smallest absolute Gasteiger partial charge is 0.267 e. The van der Waals surface area contributed by atoms with E-state index in [1.165, 1.54) is 11.8 Å². The molecular formula is C26H23N5O2S. The van der Waals surface area contributed by atoms with Crippen LogP contribution in [0.5, 0.6) is 0 Å². The van der Waals surface area contributed by atoms with Crippen molar-refractivity contribution in [2.45, 2.75) is 31.2 Å². The monoisotopic (exact) mass is 469 g/mol. The lowest BCUT2D eigenvalue weighted by Gasteiger charge is -2.14. The number of anilines is 1. The Morgan fingerprint density at radius 2 is 1.65 bits per heavy atom. The minimum Gasteiger partial charge on any atom is -0.325 e. The van der Waals surface area contributed by atoms with E-state index in [-0.39, 0.29) is 11.5 Å². The molecule has 8 heteroatoms. The zero-order valence-electron chi connectivity index (χ0n) is 19.0. The van der Waals surface area contributed by atoms with Crippen molar-refractivity contribution >= 4 is 40.0 Å². The molecule has 34 heavy (non-hydrogen) atoms. The number of hydrogen-bond acceptors (Lipinski definition) is 5. The van der Waals surface area contributed by atoms with Crippen LogP contribution >= 0.6 is 11.8 Å². The van der Waals surface area contributed by atoms with E-state index in [2.05, 4.69) is 15.5 Å². The van der Waals surface area contributed by atoms with Gasteiger partial charge in [0.2, 0.25) is 11.7 Å². The topological polar surface area (TPSA) is 81.3 Å². The van der Waals surface area contributed by atoms with Crippen LogP contribution in [0.25, 0.3) is 22.4 Å². The maximum absolute atomic E-state index is 13.5. The molecule has 1 N–H and O–H groups in total. The number of carbonyl (C=O) groups is 1. The number of fused-ring (bicyclic) bond motifs is 3. The predicted octanol–water partition coefficient (Wildman–Crippen LogP) is 4.77. The Morgan fingerprint density at radius 3 is 2.41 bits per heavy atom. The van der Waals surface area contributed by atoms with Crippen LogP contribution in [0.4, 0.5) is 5.69 Å². The summed E-state index contributed by atoms with van der Waals surface area (Å²) in [5.74, 6) is 0.272. The van der Waals surface area contributed by atoms with Crippen LogP contribution in [0.1, 0.15) is 18.1 Å². The number of amides is 1. The molecular weight excluding hydrogens is 446 g/mol. The molecule has 0 bridgehead atoms. The Morgan fingerprint density at radius 1 is 0.941 bits per heavy atom. The third-order valence-electron chi connectivity index (χ3n) is 5.72. The molecule has 5 rings (SSSR count). The first kappa shape index (κ1) is 21.9. The van der Waals surface area contributed by atoms with Gasteiger partial charge in [-0.1, -0.05) is 59.8 Å². The van der Waals surface area contributed by atoms with Gasteiger partial charge in [0, 0.05) is 5.69 Å². The molecule has 0 aliphatic carbocycles. The minimum absolute atomic E-state index is 0.137. The average molecular weight is 470 g/mol. The lowest BCUT2D eigenvalue weighted by molar-refractivity contribution is -0.115. The minimum atomic E-state index is -0.439. The van der Waals surface area contributed by atoms with E-state index in [0.29, 0.717) is 21.8 Å². The Balaban J connectivity index is 1.59. The van der Waals surface area contributed by atoms with Gasteiger partial charge in [-0.3, -0.25) is 14.0 Å². The van der Waals surface area contributed by atoms with Gasteiger partial charge in [0.1, 0.15) is 0 Å². The van der Waals surface area contributed by atoms with Gasteiger partial charge in [0.05, 0.1) is 21.8 Å². The van der Waals surface area contributed by atoms with Crippen LogP contribution in [0, 0.1) is 13.8 Å². The van der Waals surface area contributed by atoms with Crippen LogP contribution in [0.3, 0.4) is 0 Å². The Labute approximate surface area is 200 Å². The number of aryl methyl sites for hydroxylation is 2. The van der Waals surface area contributed by atoms with E-state index in [0.717, 1.165) is 22.5 Å². The van der Waals surface area contributed by atoms with E-state index in [9.17, 15) is 9.59 Å². The Hall–Kier alpha value is -3.91. The number of para-hydroxylation sites is 2. The first-order valence-corrected chi connectivity index (χ1v) is 11.8. The lowest BCUT2D eigenvalue weighted by Crippen LogP contribution is -2.24. The van der Waals surface area contributed by atoms with E-state index in [1.807, 2.05) is 91.9 Å². The van der Waals surface area contributed by atoms with Crippen molar-refractivity contribution in [1.29, 1.82) is 0 Å². The van der Waals surface area contributed by atoms with Crippen molar-refractivity contribution in [3.63, 3.8) is 0 Å². The van der Waals surface area contributed by atoms with Crippen molar-refractivity contribution in [3.05, 3.63) is 94.3 Å². The molecule has 0 aliphatic rings. The molecule has 1 atom stereocenters. The molecule has 0 fully saturated rings. The summed E-state index contributed by atoms with van der Waals surface area (Å²) in [7, 11) is 0. The first-order valence-electron chi connectivity index (χ1n) is 10.9. The summed E-state index contributed by atoms with van der Waals surface area (Å²) in [5, 5.41) is 12.4. The molecule has 1 amide bonds. The largest absolute Gasteiger partial charge is 0.325 e. The second kappa shape index (κ2) is 8.79. The van der Waals surface area contributed by atoms with Crippen molar-refractivity contribution in [2.24, 2.45) is 0 Å². The van der Waals surface area contributed by atoms with Gasteiger partial charge < -0.3 is 5.32 Å². The number of thioether (sulfide) groups is 1. The lowest BCUT2D eigenvalue weighted by atomic mass is 10.2. The molecule has 0 saturated carbocycles. The Kier molecular flexibility index (Phi) is 5.67. The number of nitrogens with zero attached hydrogens (tertiary/aromatic N) is 4. The molecule has 2 heterocycles. The fourth-order valence-corrected chi connectivity index (χ4v) is 4.73. The van der Waals surface area contributed by atoms with Gasteiger partial charge in [-0.25, -0.2) is 4.57 Å². The molecule has 1 unspecified atom stereocenters. The van der Waals surface area contributed by atoms with Crippen LogP contribution in [0.15, 0.2) is 82.7 Å². The first-order chi connectivity index (χ1) is 16.4. The van der Waals surface area contributed by atoms with Crippen molar-refractivity contribution in [2.75, 3.05) is 5.32 Å². The van der Waals surface area contributed by atoms with E-state index in [4.69, 9.17) is 0 Å². The highest BCUT2D eigenvalue weighted by Crippen LogP contribution is 2.27. The molecule has 0 spiro atoms. The summed E-state index contributed by atoms with van der Waals surface area (Å²) >= 11 is 1.30. The third kappa shape index (κ3) is 3.86. The van der Waals surface area contributed by atoms with Crippen molar-refractivity contribution in [3.8, 4) is 5.69 Å². The number of carbonyl (C=O) groups excluding carboxylic acids is 1. The summed E-state index contributed by atoms with van der Waals surface area (Å²) in [5.41, 5.74) is 4.11. The maximum Gasteiger partial charge on any atom is 0.267 e. The van der Waals surface area contributed by atoms with Crippen LogP contribution in [-0.2, 0) is 4.79 Å². The highest BCUT2D eigenvalue weighted by molar-refractivity contribution is 8.00. The van der Waals surface area contributed by atoms with Crippen LogP contribution in [0.2, 0.25) is 0 Å². The van der Waals surface area contributed by atoms with E-state index >= 15 is 0 Å². The van der Waals surface area contributed by atoms with Crippen molar-refractivity contribution < 1.29 is 4.79 Å². The maximum atomic E-state index is 13.5. The zero-order chi connectivity index (χ0) is 23.8. The number of benzene rings is 3. The molecule has 0 saturated heterocycles. The third-order valence-corrected chi connectivity index (χ3v) is 6.76. The van der Waals surface area contributed by atoms with Gasteiger partial charge in [-0.15, -0.1) is 10.2 Å². The second-order valence-corrected chi connectivity index (χ2v) is 9.49. The Bertz CT molecular complexity index is 1590. The molecule has 0 radical (unpaired) electrons. The van der Waals surface area contributed by atoms with Gasteiger partial charge in [-0.2, -0.15) is 0 Å². The van der Waals surface area contributed by atoms with E-state index < -0.39 is 5.25 Å². The highest BCUT2D eigenvalue weighted by atomic mass is 32.2. The SMILES string of the molecule is Cc1ccc(NC(=O)C(C)Sc2nnc3n(-c4ccccc4C)c(=O)c4ccccc4n23)cc1. The molecule has 5 aromatic rings. The van der Waals surface area contributed by atoms with E-state index in [1.54, 1.807) is 10.6 Å². The summed E-state index contributed by atoms with van der Waals surface area (Å²) < 4.78 is 3.44. The van der Waals surface area contributed by atoms with Crippen LogP contribution in [-0.4, -0.2) is 30.3 Å². The van der Waals surface area contributed by atoms with Gasteiger partial charge in [-0.05, 0) is 56.7 Å². The molecule has 0 aliphatic heterocycles. The second-order valence-electron chi connectivity index (χ2n) is 8.18. The standard InChI is InChI=1S/C26H23N5O2S/c1-16-12-14-19(15-13-16)27-23(32)18(3)34-26-29-28-25-30(21-10-6-4-8-17(21)2)24(33)20-9-5-7-11-22(20)31(25)26/h4-15,18H,1-3H3,(H,27,32). The normalized spacial score (nSPS) is 12.2. The zero-order valence-corrected chi connectivity index (χ0v) is 19.8. The van der Waals surface area contributed by atoms with Crippen molar-refractivity contribution in [1.82, 2.24) is 19.2 Å². The highest BCUT2D eigenvalue weighted by Gasteiger charge is 2.22. The molecule has 2 aromatic heterocycles. The molecule has 3 aromatic carbocycles. The fourth-order valence-electron chi connectivity index (χ4n) is 3.88. The van der Waals surface area contributed by atoms with Gasteiger partial charge in [0.25, 0.3) is 5.56 Å². The number of nitrogens with one attached hydrogen (secondary N) is 1. The number of rotatable bonds is 5. The fraction of sp³-hybridized carbons (Fsp3) is 0.154. The number of hydrogen-bond donors (Lipinski definition) is 1. The molecule has 7 nitrogen and oxygen atoms in total. The average Bonchev–Trinajstić information content (AvgIpc) is 3.25. The van der Waals surface area contributed by atoms with Gasteiger partial charge >= 0.3 is 0 Å². The quantitative estimate of drug-likeness (QED) is 0.375. The predicted molar refractivity (Wildman–Crippen MR) is 136 cm³/mol. The van der Waals surface area contributed by atoms with Crippen LogP contribution < -0.4 is 10.9 Å². The molecule has 170 valence electrons. The summed E-state index contributed by atoms with van der Waals surface area (Å²) in [6.45, 7) is 5.78. The summed E-state index contributed by atoms with van der Waals surface area (Å²) in [6.07, 6.45) is 0. The number of aromatic nitrogens is 4.